The van der Waals surface area contributed by atoms with E-state index in [0.29, 0.717) is 11.1 Å². The first-order chi connectivity index (χ1) is 9.94. The Morgan fingerprint density at radius 2 is 2.19 bits per heavy atom. The normalized spacial score (nSPS) is 11.1. The Labute approximate surface area is 126 Å². The van der Waals surface area contributed by atoms with Crippen LogP contribution in [-0.4, -0.2) is 31.2 Å². The molecule has 0 spiro atoms. The van der Waals surface area contributed by atoms with Crippen LogP contribution in [0.5, 0.6) is 0 Å². The van der Waals surface area contributed by atoms with Gasteiger partial charge >= 0.3 is 5.97 Å². The molecule has 0 fully saturated rings. The van der Waals surface area contributed by atoms with Crippen LogP contribution >= 0.6 is 11.3 Å². The average Bonchev–Trinajstić information content (AvgIpc) is 2.90. The molecule has 112 valence electrons. The zero-order valence-corrected chi connectivity index (χ0v) is 13.0. The zero-order valence-electron chi connectivity index (χ0n) is 11.4. The van der Waals surface area contributed by atoms with Crippen LogP contribution in [-0.2, 0) is 14.8 Å². The Morgan fingerprint density at radius 3 is 2.76 bits per heavy atom. The fraction of sp³-hybridized carbons (Fsp3) is 0.250. The number of anilines is 1. The topological polar surface area (TPSA) is 98.2 Å². The number of esters is 1. The number of nitrogens with zero attached hydrogens (tertiary/aromatic N) is 2. The second-order valence-electron chi connectivity index (χ2n) is 4.05. The van der Waals surface area contributed by atoms with Crippen LogP contribution in [0.2, 0.25) is 0 Å². The Bertz CT molecular complexity index is 742. The lowest BCUT2D eigenvalue weighted by atomic mass is 10.1. The van der Waals surface area contributed by atoms with Crippen LogP contribution in [0, 0.1) is 6.92 Å². The number of carbonyl (C=O) groups excluding carboxylic acids is 1. The molecule has 0 bridgehead atoms. The van der Waals surface area contributed by atoms with Gasteiger partial charge in [0.2, 0.25) is 5.13 Å². The van der Waals surface area contributed by atoms with Crippen molar-refractivity contribution in [3.8, 4) is 0 Å². The zero-order chi connectivity index (χ0) is 15.5. The maximum atomic E-state index is 12.2. The number of hydrogen-bond acceptors (Lipinski definition) is 7. The van der Waals surface area contributed by atoms with E-state index in [1.54, 1.807) is 13.8 Å². The average molecular weight is 327 g/mol. The van der Waals surface area contributed by atoms with E-state index >= 15 is 0 Å². The Balaban J connectivity index is 2.30. The molecule has 0 aliphatic rings. The highest BCUT2D eigenvalue weighted by molar-refractivity contribution is 7.93. The molecule has 0 amide bonds. The largest absolute Gasteiger partial charge is 0.462 e. The van der Waals surface area contributed by atoms with Gasteiger partial charge in [0, 0.05) is 0 Å². The standard InChI is InChI=1S/C12H13N3O4S2/c1-3-19-11(16)9-4-5-10(8(2)6-9)21(17,18)15-12-14-13-7-20-12/h4-7H,3H2,1-2H3,(H,14,15). The highest BCUT2D eigenvalue weighted by Gasteiger charge is 2.19. The second kappa shape index (κ2) is 6.19. The minimum atomic E-state index is -3.76. The van der Waals surface area contributed by atoms with Crippen molar-refractivity contribution in [2.75, 3.05) is 11.3 Å². The maximum absolute atomic E-state index is 12.2. The van der Waals surface area contributed by atoms with Crippen molar-refractivity contribution in [1.82, 2.24) is 10.2 Å². The second-order valence-corrected chi connectivity index (χ2v) is 6.53. The molecule has 0 aliphatic carbocycles. The summed E-state index contributed by atoms with van der Waals surface area (Å²) in [6.07, 6.45) is 0. The van der Waals surface area contributed by atoms with E-state index in [9.17, 15) is 13.2 Å². The molecule has 0 saturated carbocycles. The van der Waals surface area contributed by atoms with Crippen LogP contribution in [0.3, 0.4) is 0 Å². The molecule has 21 heavy (non-hydrogen) atoms. The van der Waals surface area contributed by atoms with Gasteiger partial charge in [-0.25, -0.2) is 13.2 Å². The summed E-state index contributed by atoms with van der Waals surface area (Å²) in [5.41, 5.74) is 2.18. The quantitative estimate of drug-likeness (QED) is 0.841. The molecule has 2 rings (SSSR count). The van der Waals surface area contributed by atoms with E-state index in [-0.39, 0.29) is 16.6 Å². The molecular formula is C12H13N3O4S2. The van der Waals surface area contributed by atoms with Gasteiger partial charge < -0.3 is 4.74 Å². The Hall–Kier alpha value is -2.00. The number of aromatic nitrogens is 2. The van der Waals surface area contributed by atoms with E-state index in [2.05, 4.69) is 14.9 Å². The Morgan fingerprint density at radius 1 is 1.43 bits per heavy atom. The summed E-state index contributed by atoms with van der Waals surface area (Å²) in [7, 11) is -3.76. The predicted octanol–water partition coefficient (Wildman–Crippen LogP) is 1.82. The lowest BCUT2D eigenvalue weighted by Gasteiger charge is -2.09. The van der Waals surface area contributed by atoms with E-state index in [1.165, 1.54) is 23.7 Å². The smallest absolute Gasteiger partial charge is 0.338 e. The first-order valence-corrected chi connectivity index (χ1v) is 8.37. The van der Waals surface area contributed by atoms with Crippen molar-refractivity contribution in [3.63, 3.8) is 0 Å². The van der Waals surface area contributed by atoms with Gasteiger partial charge in [-0.2, -0.15) is 0 Å². The number of ether oxygens (including phenoxy) is 1. The molecule has 1 heterocycles. The van der Waals surface area contributed by atoms with Gasteiger partial charge in [0.15, 0.2) is 0 Å². The summed E-state index contributed by atoms with van der Waals surface area (Å²) in [6.45, 7) is 3.57. The number of benzene rings is 1. The monoisotopic (exact) mass is 327 g/mol. The van der Waals surface area contributed by atoms with Crippen LogP contribution in [0.25, 0.3) is 0 Å². The van der Waals surface area contributed by atoms with Crippen molar-refractivity contribution in [2.45, 2.75) is 18.7 Å². The summed E-state index contributed by atoms with van der Waals surface area (Å²) in [4.78, 5) is 11.7. The SMILES string of the molecule is CCOC(=O)c1ccc(S(=O)(=O)Nc2nncs2)c(C)c1. The van der Waals surface area contributed by atoms with Gasteiger partial charge in [-0.15, -0.1) is 10.2 Å². The third-order valence-corrected chi connectivity index (χ3v) is 4.79. The lowest BCUT2D eigenvalue weighted by Crippen LogP contribution is -2.15. The molecule has 0 unspecified atom stereocenters. The van der Waals surface area contributed by atoms with Crippen LogP contribution in [0.1, 0.15) is 22.8 Å². The molecule has 1 aromatic heterocycles. The van der Waals surface area contributed by atoms with E-state index in [1.807, 2.05) is 0 Å². The molecule has 0 radical (unpaired) electrons. The minimum Gasteiger partial charge on any atom is -0.462 e. The summed E-state index contributed by atoms with van der Waals surface area (Å²) in [6, 6.07) is 4.26. The van der Waals surface area contributed by atoms with Crippen LogP contribution in [0.4, 0.5) is 5.13 Å². The van der Waals surface area contributed by atoms with Gasteiger partial charge in [0.1, 0.15) is 5.51 Å². The van der Waals surface area contributed by atoms with Crippen molar-refractivity contribution in [1.29, 1.82) is 0 Å². The van der Waals surface area contributed by atoms with E-state index in [4.69, 9.17) is 4.74 Å². The molecular weight excluding hydrogens is 314 g/mol. The molecule has 0 atom stereocenters. The third-order valence-electron chi connectivity index (χ3n) is 2.56. The summed E-state index contributed by atoms with van der Waals surface area (Å²) in [5, 5.41) is 7.38. The van der Waals surface area contributed by atoms with Gasteiger partial charge in [0.05, 0.1) is 17.1 Å². The van der Waals surface area contributed by atoms with Crippen molar-refractivity contribution in [3.05, 3.63) is 34.8 Å². The predicted molar refractivity (Wildman–Crippen MR) is 77.9 cm³/mol. The molecule has 7 nitrogen and oxygen atoms in total. The summed E-state index contributed by atoms with van der Waals surface area (Å²) in [5.74, 6) is -0.485. The van der Waals surface area contributed by atoms with Gasteiger partial charge in [0.25, 0.3) is 10.0 Å². The first kappa shape index (κ1) is 15.4. The Kier molecular flexibility index (Phi) is 4.53. The van der Waals surface area contributed by atoms with Crippen LogP contribution in [0.15, 0.2) is 28.6 Å². The molecule has 1 N–H and O–H groups in total. The fourth-order valence-corrected chi connectivity index (χ4v) is 3.60. The third kappa shape index (κ3) is 3.56. The number of carbonyl (C=O) groups is 1. The number of aryl methyl sites for hydroxylation is 1. The molecule has 2 aromatic rings. The summed E-state index contributed by atoms with van der Waals surface area (Å²) < 4.78 is 31.7. The fourth-order valence-electron chi connectivity index (χ4n) is 1.68. The van der Waals surface area contributed by atoms with E-state index < -0.39 is 16.0 Å². The molecule has 9 heteroatoms. The van der Waals surface area contributed by atoms with Gasteiger partial charge in [-0.3, -0.25) is 4.72 Å². The van der Waals surface area contributed by atoms with Crippen LogP contribution < -0.4 is 4.72 Å². The van der Waals surface area contributed by atoms with Crippen molar-refractivity contribution < 1.29 is 17.9 Å². The molecule has 0 saturated heterocycles. The summed E-state index contributed by atoms with van der Waals surface area (Å²) >= 11 is 1.08. The number of rotatable bonds is 5. The van der Waals surface area contributed by atoms with E-state index in [0.717, 1.165) is 11.3 Å². The van der Waals surface area contributed by atoms with Gasteiger partial charge in [-0.1, -0.05) is 11.3 Å². The van der Waals surface area contributed by atoms with Gasteiger partial charge in [-0.05, 0) is 37.6 Å². The first-order valence-electron chi connectivity index (χ1n) is 6.01. The molecule has 0 aliphatic heterocycles. The number of nitrogens with one attached hydrogen (secondary N) is 1. The number of hydrogen-bond donors (Lipinski definition) is 1. The van der Waals surface area contributed by atoms with Crippen molar-refractivity contribution in [2.24, 2.45) is 0 Å². The van der Waals surface area contributed by atoms with Crippen molar-refractivity contribution >= 4 is 32.5 Å². The lowest BCUT2D eigenvalue weighted by molar-refractivity contribution is 0.0526. The minimum absolute atomic E-state index is 0.0748. The number of sulfonamides is 1. The molecule has 1 aromatic carbocycles. The maximum Gasteiger partial charge on any atom is 0.338 e. The highest BCUT2D eigenvalue weighted by atomic mass is 32.2. The highest BCUT2D eigenvalue weighted by Crippen LogP contribution is 2.21.